The van der Waals surface area contributed by atoms with Crippen molar-refractivity contribution in [2.75, 3.05) is 11.9 Å². The molecule has 26 heavy (non-hydrogen) atoms. The number of fused-ring (bicyclic) bond motifs is 1. The van der Waals surface area contributed by atoms with Gasteiger partial charge in [0.1, 0.15) is 0 Å². The number of aliphatic hydroxyl groups is 1. The van der Waals surface area contributed by atoms with Gasteiger partial charge in [-0.05, 0) is 39.0 Å². The van der Waals surface area contributed by atoms with E-state index in [0.717, 1.165) is 20.8 Å². The molecule has 2 atom stereocenters. The largest absolute Gasteiger partial charge is 0.392 e. The van der Waals surface area contributed by atoms with E-state index in [0.29, 0.717) is 11.6 Å². The minimum Gasteiger partial charge on any atom is -0.392 e. The van der Waals surface area contributed by atoms with E-state index in [1.54, 1.807) is 13.1 Å². The Balaban J connectivity index is 1.92. The first kappa shape index (κ1) is 18.2. The van der Waals surface area contributed by atoms with Crippen LogP contribution in [0.15, 0.2) is 30.5 Å². The van der Waals surface area contributed by atoms with Crippen LogP contribution in [0.4, 0.5) is 5.95 Å². The summed E-state index contributed by atoms with van der Waals surface area (Å²) in [6.07, 6.45) is 1.11. The van der Waals surface area contributed by atoms with E-state index >= 15 is 0 Å². The summed E-state index contributed by atoms with van der Waals surface area (Å²) in [5, 5.41) is 15.3. The summed E-state index contributed by atoms with van der Waals surface area (Å²) in [5.74, 6) is 0.0457. The number of thiophene rings is 1. The standard InChI is InChI=1S/C18H21N5O2S/c1-10(24)9-20-17(25)15-16-14(8-11(2)26-16)22-18(23-15)21-12(3)13-6-4-5-7-19-13/h4-8,10,12,24H,9H2,1-3H3,(H,20,25)(H,21,22,23)/t10-,12?/m1/s1. The highest BCUT2D eigenvalue weighted by Crippen LogP contribution is 2.28. The van der Waals surface area contributed by atoms with E-state index in [-0.39, 0.29) is 18.5 Å². The van der Waals surface area contributed by atoms with Crippen LogP contribution in [0.1, 0.15) is 40.9 Å². The number of carbonyl (C=O) groups excluding carboxylic acids is 1. The SMILES string of the molecule is Cc1cc2nc(NC(C)c3ccccn3)nc(C(=O)NC[C@@H](C)O)c2s1. The highest BCUT2D eigenvalue weighted by Gasteiger charge is 2.18. The molecule has 8 heteroatoms. The average molecular weight is 371 g/mol. The van der Waals surface area contributed by atoms with E-state index in [2.05, 4.69) is 25.6 Å². The molecular weight excluding hydrogens is 350 g/mol. The maximum Gasteiger partial charge on any atom is 0.271 e. The Morgan fingerprint density at radius 2 is 2.12 bits per heavy atom. The second-order valence-electron chi connectivity index (χ2n) is 6.15. The van der Waals surface area contributed by atoms with Crippen molar-refractivity contribution in [2.24, 2.45) is 0 Å². The number of nitrogens with zero attached hydrogens (tertiary/aromatic N) is 3. The molecule has 7 nitrogen and oxygen atoms in total. The topological polar surface area (TPSA) is 100 Å². The van der Waals surface area contributed by atoms with E-state index in [1.807, 2.05) is 38.1 Å². The number of aromatic nitrogens is 3. The van der Waals surface area contributed by atoms with Gasteiger partial charge in [0, 0.05) is 17.6 Å². The molecular formula is C18H21N5O2S. The fraction of sp³-hybridized carbons (Fsp3) is 0.333. The average Bonchev–Trinajstić information content (AvgIpc) is 2.99. The van der Waals surface area contributed by atoms with Crippen molar-refractivity contribution in [3.05, 3.63) is 46.7 Å². The third kappa shape index (κ3) is 4.14. The third-order valence-electron chi connectivity index (χ3n) is 3.74. The molecule has 0 saturated heterocycles. The number of aryl methyl sites for hydroxylation is 1. The van der Waals surface area contributed by atoms with Gasteiger partial charge in [-0.3, -0.25) is 9.78 Å². The van der Waals surface area contributed by atoms with Crippen molar-refractivity contribution in [2.45, 2.75) is 32.9 Å². The molecule has 3 aromatic rings. The molecule has 0 fully saturated rings. The number of hydrogen-bond acceptors (Lipinski definition) is 7. The smallest absolute Gasteiger partial charge is 0.271 e. The number of rotatable bonds is 6. The van der Waals surface area contributed by atoms with Crippen LogP contribution in [0.3, 0.4) is 0 Å². The highest BCUT2D eigenvalue weighted by atomic mass is 32.1. The van der Waals surface area contributed by atoms with Gasteiger partial charge in [0.15, 0.2) is 5.69 Å². The Bertz CT molecular complexity index is 911. The van der Waals surface area contributed by atoms with Gasteiger partial charge in [-0.2, -0.15) is 0 Å². The fourth-order valence-corrected chi connectivity index (χ4v) is 3.43. The van der Waals surface area contributed by atoms with E-state index in [9.17, 15) is 9.90 Å². The van der Waals surface area contributed by atoms with Gasteiger partial charge in [-0.25, -0.2) is 9.97 Å². The summed E-state index contributed by atoms with van der Waals surface area (Å²) < 4.78 is 0.738. The Hall–Kier alpha value is -2.58. The predicted octanol–water partition coefficient (Wildman–Crippen LogP) is 2.68. The third-order valence-corrected chi connectivity index (χ3v) is 4.79. The maximum atomic E-state index is 12.5. The molecule has 1 amide bonds. The maximum absolute atomic E-state index is 12.5. The fourth-order valence-electron chi connectivity index (χ4n) is 2.49. The second kappa shape index (κ2) is 7.76. The van der Waals surface area contributed by atoms with Gasteiger partial charge in [0.2, 0.25) is 5.95 Å². The molecule has 0 saturated carbocycles. The number of carbonyl (C=O) groups is 1. The minimum atomic E-state index is -0.622. The monoisotopic (exact) mass is 371 g/mol. The normalized spacial score (nSPS) is 13.4. The second-order valence-corrected chi connectivity index (χ2v) is 7.40. The number of amides is 1. The van der Waals surface area contributed by atoms with Crippen molar-refractivity contribution < 1.29 is 9.90 Å². The van der Waals surface area contributed by atoms with Gasteiger partial charge in [-0.15, -0.1) is 11.3 Å². The first-order chi connectivity index (χ1) is 12.4. The van der Waals surface area contributed by atoms with E-state index < -0.39 is 6.10 Å². The van der Waals surface area contributed by atoms with Gasteiger partial charge >= 0.3 is 0 Å². The summed E-state index contributed by atoms with van der Waals surface area (Å²) in [6.45, 7) is 5.71. The van der Waals surface area contributed by atoms with Crippen LogP contribution in [0.2, 0.25) is 0 Å². The van der Waals surface area contributed by atoms with Crippen molar-refractivity contribution >= 4 is 33.4 Å². The molecule has 136 valence electrons. The quantitative estimate of drug-likeness (QED) is 0.616. The van der Waals surface area contributed by atoms with Crippen LogP contribution >= 0.6 is 11.3 Å². The van der Waals surface area contributed by atoms with E-state index in [4.69, 9.17) is 0 Å². The Labute approximate surface area is 155 Å². The zero-order chi connectivity index (χ0) is 18.7. The number of aliphatic hydroxyl groups excluding tert-OH is 1. The number of nitrogens with one attached hydrogen (secondary N) is 2. The predicted molar refractivity (Wildman–Crippen MR) is 102 cm³/mol. The lowest BCUT2D eigenvalue weighted by Gasteiger charge is -2.14. The molecule has 0 radical (unpaired) electrons. The Morgan fingerprint density at radius 3 is 2.81 bits per heavy atom. The van der Waals surface area contributed by atoms with Crippen molar-refractivity contribution in [1.82, 2.24) is 20.3 Å². The summed E-state index contributed by atoms with van der Waals surface area (Å²) in [7, 11) is 0. The van der Waals surface area contributed by atoms with Gasteiger partial charge < -0.3 is 15.7 Å². The van der Waals surface area contributed by atoms with Crippen LogP contribution in [0.5, 0.6) is 0 Å². The van der Waals surface area contributed by atoms with Crippen molar-refractivity contribution in [3.63, 3.8) is 0 Å². The first-order valence-corrected chi connectivity index (χ1v) is 9.17. The van der Waals surface area contributed by atoms with Gasteiger partial charge in [-0.1, -0.05) is 6.07 Å². The van der Waals surface area contributed by atoms with E-state index in [1.165, 1.54) is 11.3 Å². The molecule has 0 aromatic carbocycles. The minimum absolute atomic E-state index is 0.109. The zero-order valence-corrected chi connectivity index (χ0v) is 15.7. The van der Waals surface area contributed by atoms with Crippen LogP contribution in [0, 0.1) is 6.92 Å². The van der Waals surface area contributed by atoms with Crippen LogP contribution in [-0.2, 0) is 0 Å². The molecule has 0 aliphatic rings. The van der Waals surface area contributed by atoms with Crippen molar-refractivity contribution in [1.29, 1.82) is 0 Å². The lowest BCUT2D eigenvalue weighted by Crippen LogP contribution is -2.31. The lowest BCUT2D eigenvalue weighted by molar-refractivity contribution is 0.0921. The first-order valence-electron chi connectivity index (χ1n) is 8.36. The number of hydrogen-bond donors (Lipinski definition) is 3. The molecule has 3 heterocycles. The molecule has 0 bridgehead atoms. The summed E-state index contributed by atoms with van der Waals surface area (Å²) in [5.41, 5.74) is 1.89. The Morgan fingerprint density at radius 1 is 1.31 bits per heavy atom. The molecule has 3 rings (SSSR count). The molecule has 3 N–H and O–H groups in total. The highest BCUT2D eigenvalue weighted by molar-refractivity contribution is 7.19. The van der Waals surface area contributed by atoms with Crippen LogP contribution in [-0.4, -0.2) is 38.6 Å². The lowest BCUT2D eigenvalue weighted by atomic mass is 10.2. The summed E-state index contributed by atoms with van der Waals surface area (Å²) in [6, 6.07) is 7.52. The van der Waals surface area contributed by atoms with Gasteiger partial charge in [0.05, 0.1) is 28.1 Å². The zero-order valence-electron chi connectivity index (χ0n) is 14.9. The number of pyridine rings is 1. The van der Waals surface area contributed by atoms with Crippen LogP contribution in [0.25, 0.3) is 10.2 Å². The molecule has 0 aliphatic carbocycles. The van der Waals surface area contributed by atoms with Crippen molar-refractivity contribution in [3.8, 4) is 0 Å². The summed E-state index contributed by atoms with van der Waals surface area (Å²) >= 11 is 1.48. The van der Waals surface area contributed by atoms with Gasteiger partial charge in [0.25, 0.3) is 5.91 Å². The Kier molecular flexibility index (Phi) is 5.43. The molecule has 0 spiro atoms. The molecule has 1 unspecified atom stereocenters. The molecule has 3 aromatic heterocycles. The number of anilines is 1. The van der Waals surface area contributed by atoms with Crippen LogP contribution < -0.4 is 10.6 Å². The summed E-state index contributed by atoms with van der Waals surface area (Å²) in [4.78, 5) is 26.9. The molecule has 0 aliphatic heterocycles.